The van der Waals surface area contributed by atoms with Crippen molar-refractivity contribution in [1.29, 1.82) is 0 Å². The summed E-state index contributed by atoms with van der Waals surface area (Å²) in [6.45, 7) is 9.08. The van der Waals surface area contributed by atoms with E-state index in [-0.39, 0.29) is 0 Å². The molecule has 0 unspecified atom stereocenters. The van der Waals surface area contributed by atoms with Gasteiger partial charge in [0.1, 0.15) is 5.75 Å². The number of nitrogens with zero attached hydrogens (tertiary/aromatic N) is 2. The number of anilines is 1. The molecule has 0 spiro atoms. The molecule has 1 N–H and O–H groups in total. The van der Waals surface area contributed by atoms with Crippen molar-refractivity contribution in [3.05, 3.63) is 58.1 Å². The van der Waals surface area contributed by atoms with Crippen LogP contribution < -0.4 is 4.90 Å². The van der Waals surface area contributed by atoms with Gasteiger partial charge in [-0.3, -0.25) is 4.90 Å². The highest BCUT2D eigenvalue weighted by atomic mass is 35.5. The first kappa shape index (κ1) is 16.2. The summed E-state index contributed by atoms with van der Waals surface area (Å²) in [6, 6.07) is 11.8. The number of benzene rings is 2. The average Bonchev–Trinajstić information content (AvgIpc) is 2.54. The predicted molar refractivity (Wildman–Crippen MR) is 96.5 cm³/mol. The number of phenolic OH excluding ortho intramolecular Hbond substituents is 1. The van der Waals surface area contributed by atoms with Gasteiger partial charge in [-0.05, 0) is 49.2 Å². The Morgan fingerprint density at radius 2 is 1.78 bits per heavy atom. The van der Waals surface area contributed by atoms with Gasteiger partial charge in [0.15, 0.2) is 0 Å². The highest BCUT2D eigenvalue weighted by molar-refractivity contribution is 6.30. The predicted octanol–water partition coefficient (Wildman–Crippen LogP) is 3.98. The first-order chi connectivity index (χ1) is 11.0. The van der Waals surface area contributed by atoms with Gasteiger partial charge >= 0.3 is 0 Å². The third-order valence-electron chi connectivity index (χ3n) is 4.72. The number of phenols is 1. The quantitative estimate of drug-likeness (QED) is 0.922. The van der Waals surface area contributed by atoms with E-state index in [0.29, 0.717) is 10.8 Å². The van der Waals surface area contributed by atoms with Gasteiger partial charge in [-0.1, -0.05) is 23.7 Å². The number of aromatic hydroxyl groups is 1. The molecule has 0 atom stereocenters. The van der Waals surface area contributed by atoms with Crippen molar-refractivity contribution in [3.8, 4) is 5.75 Å². The fourth-order valence-corrected chi connectivity index (χ4v) is 3.34. The SMILES string of the molecule is Cc1cccc(N2CCN(Cc3cc(Cl)ccc3O)CC2)c1C. The molecule has 2 aromatic rings. The Hall–Kier alpha value is -1.71. The normalized spacial score (nSPS) is 15.9. The maximum absolute atomic E-state index is 9.97. The Morgan fingerprint density at radius 3 is 2.52 bits per heavy atom. The van der Waals surface area contributed by atoms with Crippen molar-refractivity contribution in [2.45, 2.75) is 20.4 Å². The van der Waals surface area contributed by atoms with E-state index in [1.165, 1.54) is 16.8 Å². The number of aryl methyl sites for hydroxylation is 1. The van der Waals surface area contributed by atoms with E-state index in [4.69, 9.17) is 11.6 Å². The molecule has 0 bridgehead atoms. The smallest absolute Gasteiger partial charge is 0.120 e. The minimum absolute atomic E-state index is 0.325. The lowest BCUT2D eigenvalue weighted by molar-refractivity contribution is 0.246. The largest absolute Gasteiger partial charge is 0.508 e. The molecule has 23 heavy (non-hydrogen) atoms. The van der Waals surface area contributed by atoms with Gasteiger partial charge in [-0.2, -0.15) is 0 Å². The van der Waals surface area contributed by atoms with Crippen LogP contribution in [0.1, 0.15) is 16.7 Å². The Balaban J connectivity index is 1.64. The second-order valence-corrected chi connectivity index (χ2v) is 6.69. The molecule has 3 rings (SSSR count). The van der Waals surface area contributed by atoms with Crippen LogP contribution in [-0.4, -0.2) is 36.2 Å². The highest BCUT2D eigenvalue weighted by Crippen LogP contribution is 2.26. The van der Waals surface area contributed by atoms with Gasteiger partial charge in [-0.25, -0.2) is 0 Å². The lowest BCUT2D eigenvalue weighted by Gasteiger charge is -2.37. The topological polar surface area (TPSA) is 26.7 Å². The van der Waals surface area contributed by atoms with Crippen LogP contribution in [0, 0.1) is 13.8 Å². The third-order valence-corrected chi connectivity index (χ3v) is 4.96. The van der Waals surface area contributed by atoms with Gasteiger partial charge in [0.25, 0.3) is 0 Å². The van der Waals surface area contributed by atoms with Gasteiger partial charge in [-0.15, -0.1) is 0 Å². The second-order valence-electron chi connectivity index (χ2n) is 6.26. The number of hydrogen-bond acceptors (Lipinski definition) is 3. The fraction of sp³-hybridized carbons (Fsp3) is 0.368. The van der Waals surface area contributed by atoms with Crippen LogP contribution in [0.15, 0.2) is 36.4 Å². The molecule has 1 saturated heterocycles. The number of halogens is 1. The lowest BCUT2D eigenvalue weighted by atomic mass is 10.1. The van der Waals surface area contributed by atoms with E-state index >= 15 is 0 Å². The first-order valence-electron chi connectivity index (χ1n) is 8.05. The van der Waals surface area contributed by atoms with E-state index in [1.54, 1.807) is 12.1 Å². The second kappa shape index (κ2) is 6.81. The van der Waals surface area contributed by atoms with Crippen LogP contribution >= 0.6 is 11.6 Å². The summed E-state index contributed by atoms with van der Waals surface area (Å²) in [4.78, 5) is 4.82. The van der Waals surface area contributed by atoms with Crippen LogP contribution in [0.5, 0.6) is 5.75 Å². The summed E-state index contributed by atoms with van der Waals surface area (Å²) in [5.41, 5.74) is 4.95. The van der Waals surface area contributed by atoms with Gasteiger partial charge in [0.2, 0.25) is 0 Å². The Bertz CT molecular complexity index is 694. The van der Waals surface area contributed by atoms with Crippen LogP contribution in [0.4, 0.5) is 5.69 Å². The van der Waals surface area contributed by atoms with E-state index in [2.05, 4.69) is 41.8 Å². The molecule has 1 aliphatic rings. The number of hydrogen-bond donors (Lipinski definition) is 1. The molecule has 122 valence electrons. The van der Waals surface area contributed by atoms with Gasteiger partial charge in [0.05, 0.1) is 0 Å². The third kappa shape index (κ3) is 3.62. The molecule has 0 amide bonds. The van der Waals surface area contributed by atoms with Crippen LogP contribution in [0.25, 0.3) is 0 Å². The molecule has 1 aliphatic heterocycles. The Morgan fingerprint density at radius 1 is 1.04 bits per heavy atom. The summed E-state index contributed by atoms with van der Waals surface area (Å²) >= 11 is 6.03. The molecule has 2 aromatic carbocycles. The molecule has 1 fully saturated rings. The Kier molecular flexibility index (Phi) is 4.79. The van der Waals surface area contributed by atoms with E-state index < -0.39 is 0 Å². The van der Waals surface area contributed by atoms with Gasteiger partial charge < -0.3 is 10.0 Å². The lowest BCUT2D eigenvalue weighted by Crippen LogP contribution is -2.46. The summed E-state index contributed by atoms with van der Waals surface area (Å²) < 4.78 is 0. The van der Waals surface area contributed by atoms with Crippen molar-refractivity contribution in [2.24, 2.45) is 0 Å². The Labute approximate surface area is 143 Å². The summed E-state index contributed by atoms with van der Waals surface area (Å²) in [6.07, 6.45) is 0. The fourth-order valence-electron chi connectivity index (χ4n) is 3.15. The van der Waals surface area contributed by atoms with E-state index in [0.717, 1.165) is 38.3 Å². The molecule has 0 radical (unpaired) electrons. The highest BCUT2D eigenvalue weighted by Gasteiger charge is 2.19. The maximum atomic E-state index is 9.97. The van der Waals surface area contributed by atoms with Crippen molar-refractivity contribution in [2.75, 3.05) is 31.1 Å². The molecular formula is C19H23ClN2O. The molecule has 4 heteroatoms. The van der Waals surface area contributed by atoms with Crippen molar-refractivity contribution >= 4 is 17.3 Å². The van der Waals surface area contributed by atoms with Crippen molar-refractivity contribution < 1.29 is 5.11 Å². The summed E-state index contributed by atoms with van der Waals surface area (Å²) in [5, 5.41) is 10.6. The number of piperazine rings is 1. The molecule has 0 aromatic heterocycles. The summed E-state index contributed by atoms with van der Waals surface area (Å²) in [5.74, 6) is 0.325. The zero-order valence-electron chi connectivity index (χ0n) is 13.7. The van der Waals surface area contributed by atoms with Crippen LogP contribution in [-0.2, 0) is 6.54 Å². The minimum atomic E-state index is 0.325. The molecule has 3 nitrogen and oxygen atoms in total. The molecular weight excluding hydrogens is 308 g/mol. The molecule has 0 saturated carbocycles. The van der Waals surface area contributed by atoms with Crippen LogP contribution in [0.3, 0.4) is 0 Å². The monoisotopic (exact) mass is 330 g/mol. The van der Waals surface area contributed by atoms with Crippen LogP contribution in [0.2, 0.25) is 5.02 Å². The average molecular weight is 331 g/mol. The zero-order valence-corrected chi connectivity index (χ0v) is 14.5. The maximum Gasteiger partial charge on any atom is 0.120 e. The number of rotatable bonds is 3. The van der Waals surface area contributed by atoms with Gasteiger partial charge in [0, 0.05) is 49.0 Å². The van der Waals surface area contributed by atoms with E-state index in [1.807, 2.05) is 6.07 Å². The standard InChI is InChI=1S/C19H23ClN2O/c1-14-4-3-5-18(15(14)2)22-10-8-21(9-11-22)13-16-12-17(20)6-7-19(16)23/h3-7,12,23H,8-11,13H2,1-2H3. The van der Waals surface area contributed by atoms with Crippen molar-refractivity contribution in [3.63, 3.8) is 0 Å². The minimum Gasteiger partial charge on any atom is -0.508 e. The zero-order chi connectivity index (χ0) is 16.4. The first-order valence-corrected chi connectivity index (χ1v) is 8.43. The molecule has 0 aliphatic carbocycles. The molecule has 1 heterocycles. The van der Waals surface area contributed by atoms with Crippen molar-refractivity contribution in [1.82, 2.24) is 4.90 Å². The summed E-state index contributed by atoms with van der Waals surface area (Å²) in [7, 11) is 0. The van der Waals surface area contributed by atoms with E-state index in [9.17, 15) is 5.11 Å².